The highest BCUT2D eigenvalue weighted by atomic mass is 35.5. The smallest absolute Gasteiger partial charge is 0.326 e. The Hall–Kier alpha value is -1.99. The third kappa shape index (κ3) is 5.88. The number of amides is 1. The van der Waals surface area contributed by atoms with Crippen LogP contribution in [0.3, 0.4) is 0 Å². The van der Waals surface area contributed by atoms with Gasteiger partial charge >= 0.3 is 11.9 Å². The molecule has 1 aromatic rings. The van der Waals surface area contributed by atoms with E-state index in [-0.39, 0.29) is 10.8 Å². The molecule has 0 aromatic heterocycles. The maximum Gasteiger partial charge on any atom is 0.326 e. The summed E-state index contributed by atoms with van der Waals surface area (Å²) in [6.07, 6.45) is -0.728. The van der Waals surface area contributed by atoms with Gasteiger partial charge in [0.1, 0.15) is 11.8 Å². The average molecular weight is 336 g/mol. The van der Waals surface area contributed by atoms with E-state index in [1.807, 2.05) is 5.32 Å². The Morgan fingerprint density at radius 3 is 2.38 bits per heavy atom. The van der Waals surface area contributed by atoms with E-state index in [4.69, 9.17) is 38.2 Å². The third-order valence-corrected chi connectivity index (χ3v) is 3.01. The van der Waals surface area contributed by atoms with Gasteiger partial charge in [0.2, 0.25) is 0 Å². The molecular formula is C12H11Cl2NO6. The number of halogens is 2. The molecule has 0 saturated heterocycles. The standard InChI is InChI=1S/C12H11Cl2NO6/c13-7-2-1-6(3-8(7)14)21-5-10(16)15-9(12(19)20)4-11(17)18/h1-3,9H,4-5H2,(H,15,16)(H,17,18)(H,19,20)/t9-/m1/s1. The van der Waals surface area contributed by atoms with Crippen molar-refractivity contribution in [3.05, 3.63) is 28.2 Å². The van der Waals surface area contributed by atoms with Crippen LogP contribution < -0.4 is 10.1 Å². The second-order valence-electron chi connectivity index (χ2n) is 3.92. The number of ether oxygens (including phenoxy) is 1. The largest absolute Gasteiger partial charge is 0.484 e. The van der Waals surface area contributed by atoms with E-state index in [0.717, 1.165) is 0 Å². The van der Waals surface area contributed by atoms with Gasteiger partial charge in [-0.05, 0) is 12.1 Å². The second-order valence-corrected chi connectivity index (χ2v) is 4.74. The Balaban J connectivity index is 2.54. The summed E-state index contributed by atoms with van der Waals surface area (Å²) in [5.74, 6) is -3.28. The van der Waals surface area contributed by atoms with Crippen molar-refractivity contribution < 1.29 is 29.3 Å². The summed E-state index contributed by atoms with van der Waals surface area (Å²) in [6.45, 7) is -0.485. The first kappa shape index (κ1) is 17.1. The number of nitrogens with one attached hydrogen (secondary N) is 1. The summed E-state index contributed by atoms with van der Waals surface area (Å²) in [6, 6.07) is 2.82. The van der Waals surface area contributed by atoms with Gasteiger partial charge in [-0.15, -0.1) is 0 Å². The Labute approximate surface area is 129 Å². The fourth-order valence-electron chi connectivity index (χ4n) is 1.33. The fourth-order valence-corrected chi connectivity index (χ4v) is 1.61. The number of benzene rings is 1. The van der Waals surface area contributed by atoms with Gasteiger partial charge in [0, 0.05) is 6.07 Å². The topological polar surface area (TPSA) is 113 Å². The normalized spacial score (nSPS) is 11.5. The molecule has 1 atom stereocenters. The molecule has 0 heterocycles. The van der Waals surface area contributed by atoms with Gasteiger partial charge < -0.3 is 20.3 Å². The summed E-state index contributed by atoms with van der Waals surface area (Å²) in [4.78, 5) is 32.8. The van der Waals surface area contributed by atoms with Gasteiger partial charge in [0.15, 0.2) is 6.61 Å². The van der Waals surface area contributed by atoms with Crippen LogP contribution in [-0.2, 0) is 14.4 Å². The lowest BCUT2D eigenvalue weighted by Gasteiger charge is -2.13. The van der Waals surface area contributed by atoms with Crippen molar-refractivity contribution in [2.24, 2.45) is 0 Å². The second kappa shape index (κ2) is 7.70. The molecule has 0 radical (unpaired) electrons. The van der Waals surface area contributed by atoms with Crippen LogP contribution in [0.2, 0.25) is 10.0 Å². The van der Waals surface area contributed by atoms with Crippen LogP contribution in [0.4, 0.5) is 0 Å². The Kier molecular flexibility index (Phi) is 6.26. The van der Waals surface area contributed by atoms with Crippen molar-refractivity contribution in [2.45, 2.75) is 12.5 Å². The predicted molar refractivity (Wildman–Crippen MR) is 73.8 cm³/mol. The minimum Gasteiger partial charge on any atom is -0.484 e. The van der Waals surface area contributed by atoms with Crippen molar-refractivity contribution in [3.8, 4) is 5.75 Å². The van der Waals surface area contributed by atoms with E-state index in [9.17, 15) is 14.4 Å². The van der Waals surface area contributed by atoms with Crippen LogP contribution in [0.1, 0.15) is 6.42 Å². The van der Waals surface area contributed by atoms with Gasteiger partial charge in [0.25, 0.3) is 5.91 Å². The molecule has 0 bridgehead atoms. The summed E-state index contributed by atoms with van der Waals surface area (Å²) >= 11 is 11.5. The van der Waals surface area contributed by atoms with Crippen molar-refractivity contribution in [1.82, 2.24) is 5.32 Å². The number of rotatable bonds is 7. The van der Waals surface area contributed by atoms with Gasteiger partial charge in [-0.25, -0.2) is 4.79 Å². The summed E-state index contributed by atoms with van der Waals surface area (Å²) in [5.41, 5.74) is 0. The first-order chi connectivity index (χ1) is 9.79. The lowest BCUT2D eigenvalue weighted by atomic mass is 10.2. The monoisotopic (exact) mass is 335 g/mol. The summed E-state index contributed by atoms with van der Waals surface area (Å²) in [7, 11) is 0. The zero-order valence-electron chi connectivity index (χ0n) is 10.5. The first-order valence-electron chi connectivity index (χ1n) is 5.61. The Morgan fingerprint density at radius 2 is 1.86 bits per heavy atom. The molecule has 0 spiro atoms. The zero-order chi connectivity index (χ0) is 16.0. The number of carbonyl (C=O) groups is 3. The van der Waals surface area contributed by atoms with Crippen molar-refractivity contribution in [2.75, 3.05) is 6.61 Å². The van der Waals surface area contributed by atoms with Crippen LogP contribution in [0, 0.1) is 0 Å². The van der Waals surface area contributed by atoms with E-state index in [2.05, 4.69) is 0 Å². The molecule has 3 N–H and O–H groups in total. The SMILES string of the molecule is O=C(O)C[C@@H](NC(=O)COc1ccc(Cl)c(Cl)c1)C(=O)O. The molecule has 0 aliphatic carbocycles. The average Bonchev–Trinajstić information content (AvgIpc) is 2.38. The molecule has 1 aromatic carbocycles. The van der Waals surface area contributed by atoms with E-state index in [1.165, 1.54) is 18.2 Å². The zero-order valence-corrected chi connectivity index (χ0v) is 12.0. The minimum atomic E-state index is -1.52. The van der Waals surface area contributed by atoms with E-state index < -0.39 is 36.9 Å². The molecule has 0 saturated carbocycles. The molecule has 21 heavy (non-hydrogen) atoms. The number of carbonyl (C=O) groups excluding carboxylic acids is 1. The molecule has 0 fully saturated rings. The Morgan fingerprint density at radius 1 is 1.19 bits per heavy atom. The van der Waals surface area contributed by atoms with Crippen LogP contribution in [0.15, 0.2) is 18.2 Å². The van der Waals surface area contributed by atoms with Crippen LogP contribution in [0.5, 0.6) is 5.75 Å². The molecule has 114 valence electrons. The number of carboxylic acid groups (broad SMARTS) is 2. The van der Waals surface area contributed by atoms with E-state index in [1.54, 1.807) is 0 Å². The Bertz CT molecular complexity index is 563. The molecule has 7 nitrogen and oxygen atoms in total. The van der Waals surface area contributed by atoms with Crippen molar-refractivity contribution in [3.63, 3.8) is 0 Å². The highest BCUT2D eigenvalue weighted by Gasteiger charge is 2.23. The maximum atomic E-state index is 11.5. The maximum absolute atomic E-state index is 11.5. The highest BCUT2D eigenvalue weighted by Crippen LogP contribution is 2.26. The third-order valence-electron chi connectivity index (χ3n) is 2.27. The number of hydrogen-bond donors (Lipinski definition) is 3. The van der Waals surface area contributed by atoms with Gasteiger partial charge in [-0.2, -0.15) is 0 Å². The van der Waals surface area contributed by atoms with Gasteiger partial charge in [-0.1, -0.05) is 23.2 Å². The molecular weight excluding hydrogens is 325 g/mol. The summed E-state index contributed by atoms with van der Waals surface area (Å²) in [5, 5.41) is 19.9. The molecule has 0 aliphatic heterocycles. The van der Waals surface area contributed by atoms with Crippen LogP contribution in [0.25, 0.3) is 0 Å². The van der Waals surface area contributed by atoms with Crippen molar-refractivity contribution >= 4 is 41.0 Å². The van der Waals surface area contributed by atoms with Gasteiger partial charge in [0.05, 0.1) is 16.5 Å². The summed E-state index contributed by atoms with van der Waals surface area (Å²) < 4.78 is 5.09. The van der Waals surface area contributed by atoms with Gasteiger partial charge in [-0.3, -0.25) is 9.59 Å². The quantitative estimate of drug-likeness (QED) is 0.694. The minimum absolute atomic E-state index is 0.240. The molecule has 1 amide bonds. The fraction of sp³-hybridized carbons (Fsp3) is 0.250. The van der Waals surface area contributed by atoms with Crippen molar-refractivity contribution in [1.29, 1.82) is 0 Å². The van der Waals surface area contributed by atoms with E-state index in [0.29, 0.717) is 5.02 Å². The predicted octanol–water partition coefficient (Wildman–Crippen LogP) is 1.42. The molecule has 0 aliphatic rings. The number of aliphatic carboxylic acids is 2. The molecule has 1 rings (SSSR count). The van der Waals surface area contributed by atoms with E-state index >= 15 is 0 Å². The van der Waals surface area contributed by atoms with Crippen LogP contribution >= 0.6 is 23.2 Å². The first-order valence-corrected chi connectivity index (χ1v) is 6.37. The lowest BCUT2D eigenvalue weighted by Crippen LogP contribution is -2.44. The molecule has 0 unspecified atom stereocenters. The number of carboxylic acids is 2. The molecule has 9 heteroatoms. The van der Waals surface area contributed by atoms with Crippen LogP contribution in [-0.4, -0.2) is 40.7 Å². The lowest BCUT2D eigenvalue weighted by molar-refractivity contribution is -0.147. The number of hydrogen-bond acceptors (Lipinski definition) is 4. The highest BCUT2D eigenvalue weighted by molar-refractivity contribution is 6.42.